The van der Waals surface area contributed by atoms with Crippen LogP contribution in [0.15, 0.2) is 18.2 Å². The van der Waals surface area contributed by atoms with Gasteiger partial charge in [-0.15, -0.1) is 0 Å². The number of ether oxygens (including phenoxy) is 1. The maximum absolute atomic E-state index is 8.99. The van der Waals surface area contributed by atoms with Crippen molar-refractivity contribution < 1.29 is 4.74 Å². The van der Waals surface area contributed by atoms with Crippen LogP contribution < -0.4 is 4.74 Å². The first-order valence-corrected chi connectivity index (χ1v) is 6.25. The summed E-state index contributed by atoms with van der Waals surface area (Å²) in [5, 5.41) is 8.99. The highest BCUT2D eigenvalue weighted by molar-refractivity contribution is 7.97. The molecule has 0 saturated carbocycles. The number of hydrogen-bond donors (Lipinski definition) is 0. The summed E-state index contributed by atoms with van der Waals surface area (Å²) in [6.07, 6.45) is 2.15. The van der Waals surface area contributed by atoms with Gasteiger partial charge >= 0.3 is 0 Å². The fraction of sp³-hybridized carbons (Fsp3) is 0.417. The monoisotopic (exact) mass is 221 g/mol. The molecule has 0 atom stereocenters. The third-order valence-electron chi connectivity index (χ3n) is 1.84. The van der Waals surface area contributed by atoms with Gasteiger partial charge in [0.25, 0.3) is 0 Å². The Balaban J connectivity index is 2.94. The van der Waals surface area contributed by atoms with Crippen molar-refractivity contribution in [1.29, 1.82) is 5.26 Å². The van der Waals surface area contributed by atoms with Gasteiger partial charge in [0.2, 0.25) is 0 Å². The lowest BCUT2D eigenvalue weighted by Crippen LogP contribution is -2.06. The van der Waals surface area contributed by atoms with E-state index in [1.54, 1.807) is 11.8 Å². The summed E-state index contributed by atoms with van der Waals surface area (Å²) in [4.78, 5) is 0. The molecular weight excluding hydrogens is 206 g/mol. The predicted octanol–water partition coefficient (Wildman–Crippen LogP) is 3.21. The van der Waals surface area contributed by atoms with Gasteiger partial charge in [-0.1, -0.05) is 6.07 Å². The van der Waals surface area contributed by atoms with Crippen LogP contribution in [0.3, 0.4) is 0 Å². The first kappa shape index (κ1) is 11.9. The Bertz CT molecular complexity index is 368. The molecule has 2 nitrogen and oxygen atoms in total. The van der Waals surface area contributed by atoms with E-state index in [0.717, 1.165) is 11.3 Å². The molecule has 0 aromatic heterocycles. The van der Waals surface area contributed by atoms with Crippen LogP contribution in [0, 0.1) is 11.3 Å². The maximum atomic E-state index is 8.99. The highest BCUT2D eigenvalue weighted by Gasteiger charge is 2.06. The Kier molecular flexibility index (Phi) is 4.51. The molecule has 0 aliphatic carbocycles. The standard InChI is InChI=1S/C12H15NOS/c1-9(2)14-12-5-4-10(8-15-3)6-11(12)7-13/h4-6,9H,8H2,1-3H3. The van der Waals surface area contributed by atoms with E-state index < -0.39 is 0 Å². The third-order valence-corrected chi connectivity index (χ3v) is 2.46. The molecule has 3 heteroatoms. The lowest BCUT2D eigenvalue weighted by atomic mass is 10.1. The second-order valence-corrected chi connectivity index (χ2v) is 4.41. The van der Waals surface area contributed by atoms with Gasteiger partial charge in [0.15, 0.2) is 0 Å². The molecule has 0 N–H and O–H groups in total. The molecule has 0 spiro atoms. The van der Waals surface area contributed by atoms with Crippen molar-refractivity contribution in [3.05, 3.63) is 29.3 Å². The molecule has 0 fully saturated rings. The Hall–Kier alpha value is -1.14. The molecule has 0 saturated heterocycles. The summed E-state index contributed by atoms with van der Waals surface area (Å²) in [6, 6.07) is 7.95. The van der Waals surface area contributed by atoms with Crippen LogP contribution in [-0.2, 0) is 5.75 Å². The van der Waals surface area contributed by atoms with Gasteiger partial charge in [0.1, 0.15) is 11.8 Å². The summed E-state index contributed by atoms with van der Waals surface area (Å²) in [6.45, 7) is 3.91. The molecule has 1 aromatic carbocycles. The fourth-order valence-electron chi connectivity index (χ4n) is 1.28. The van der Waals surface area contributed by atoms with E-state index >= 15 is 0 Å². The Morgan fingerprint density at radius 1 is 1.47 bits per heavy atom. The quantitative estimate of drug-likeness (QED) is 0.782. The topological polar surface area (TPSA) is 33.0 Å². The molecule has 15 heavy (non-hydrogen) atoms. The van der Waals surface area contributed by atoms with E-state index in [1.807, 2.05) is 38.3 Å². The van der Waals surface area contributed by atoms with Crippen LogP contribution in [0.5, 0.6) is 5.75 Å². The highest BCUT2D eigenvalue weighted by atomic mass is 32.2. The highest BCUT2D eigenvalue weighted by Crippen LogP contribution is 2.22. The minimum atomic E-state index is 0.100. The summed E-state index contributed by atoms with van der Waals surface area (Å²) in [5.74, 6) is 1.61. The molecule has 0 aliphatic heterocycles. The first-order valence-electron chi connectivity index (χ1n) is 4.86. The van der Waals surface area contributed by atoms with Gasteiger partial charge in [0, 0.05) is 5.75 Å². The van der Waals surface area contributed by atoms with E-state index in [9.17, 15) is 0 Å². The van der Waals surface area contributed by atoms with E-state index in [-0.39, 0.29) is 6.10 Å². The first-order chi connectivity index (χ1) is 7.17. The molecule has 0 aliphatic rings. The van der Waals surface area contributed by atoms with Gasteiger partial charge in [-0.25, -0.2) is 0 Å². The smallest absolute Gasteiger partial charge is 0.137 e. The molecule has 1 aromatic rings. The maximum Gasteiger partial charge on any atom is 0.137 e. The third kappa shape index (κ3) is 3.49. The zero-order valence-corrected chi connectivity index (χ0v) is 10.1. The van der Waals surface area contributed by atoms with Crippen LogP contribution in [0.2, 0.25) is 0 Å². The number of hydrogen-bond acceptors (Lipinski definition) is 3. The van der Waals surface area contributed by atoms with Crippen molar-refractivity contribution in [3.8, 4) is 11.8 Å². The fourth-order valence-corrected chi connectivity index (χ4v) is 1.79. The molecular formula is C12H15NOS. The Morgan fingerprint density at radius 3 is 2.73 bits per heavy atom. The van der Waals surface area contributed by atoms with Gasteiger partial charge in [-0.3, -0.25) is 0 Å². The molecule has 0 amide bonds. The summed E-state index contributed by atoms with van der Waals surface area (Å²) in [5.41, 5.74) is 1.78. The zero-order chi connectivity index (χ0) is 11.3. The largest absolute Gasteiger partial charge is 0.490 e. The molecule has 0 heterocycles. The number of benzene rings is 1. The molecule has 80 valence electrons. The number of rotatable bonds is 4. The average molecular weight is 221 g/mol. The van der Waals surface area contributed by atoms with Gasteiger partial charge in [-0.2, -0.15) is 17.0 Å². The lowest BCUT2D eigenvalue weighted by Gasteiger charge is -2.11. The lowest BCUT2D eigenvalue weighted by molar-refractivity contribution is 0.241. The summed E-state index contributed by atoms with van der Waals surface area (Å²) in [7, 11) is 0. The Morgan fingerprint density at radius 2 is 2.20 bits per heavy atom. The van der Waals surface area contributed by atoms with Crippen molar-refractivity contribution in [1.82, 2.24) is 0 Å². The number of nitrogens with zero attached hydrogens (tertiary/aromatic N) is 1. The van der Waals surface area contributed by atoms with Crippen molar-refractivity contribution in [2.75, 3.05) is 6.26 Å². The predicted molar refractivity (Wildman–Crippen MR) is 64.1 cm³/mol. The minimum absolute atomic E-state index is 0.100. The van der Waals surface area contributed by atoms with Crippen LogP contribution in [0.25, 0.3) is 0 Å². The van der Waals surface area contributed by atoms with Crippen molar-refractivity contribution >= 4 is 11.8 Å². The second-order valence-electron chi connectivity index (χ2n) is 3.54. The van der Waals surface area contributed by atoms with Gasteiger partial charge in [-0.05, 0) is 37.8 Å². The van der Waals surface area contributed by atoms with E-state index in [4.69, 9.17) is 10.00 Å². The second kappa shape index (κ2) is 5.67. The van der Waals surface area contributed by atoms with Crippen LogP contribution >= 0.6 is 11.8 Å². The van der Waals surface area contributed by atoms with Crippen molar-refractivity contribution in [3.63, 3.8) is 0 Å². The normalized spacial score (nSPS) is 10.1. The summed E-state index contributed by atoms with van der Waals surface area (Å²) < 4.78 is 5.54. The van der Waals surface area contributed by atoms with Crippen LogP contribution in [0.1, 0.15) is 25.0 Å². The molecule has 0 radical (unpaired) electrons. The van der Waals surface area contributed by atoms with Crippen molar-refractivity contribution in [2.45, 2.75) is 25.7 Å². The molecule has 0 bridgehead atoms. The molecule has 1 rings (SSSR count). The van der Waals surface area contributed by atoms with Crippen molar-refractivity contribution in [2.24, 2.45) is 0 Å². The average Bonchev–Trinajstić information content (AvgIpc) is 2.20. The molecule has 0 unspecified atom stereocenters. The van der Waals surface area contributed by atoms with E-state index in [0.29, 0.717) is 11.3 Å². The van der Waals surface area contributed by atoms with Gasteiger partial charge < -0.3 is 4.74 Å². The summed E-state index contributed by atoms with van der Waals surface area (Å²) >= 11 is 1.74. The zero-order valence-electron chi connectivity index (χ0n) is 9.28. The number of thioether (sulfide) groups is 1. The SMILES string of the molecule is CSCc1ccc(OC(C)C)c(C#N)c1. The Labute approximate surface area is 95.3 Å². The van der Waals surface area contributed by atoms with E-state index in [2.05, 4.69) is 6.07 Å². The number of nitriles is 1. The minimum Gasteiger partial charge on any atom is -0.490 e. The van der Waals surface area contributed by atoms with Crippen LogP contribution in [0.4, 0.5) is 0 Å². The van der Waals surface area contributed by atoms with Gasteiger partial charge in [0.05, 0.1) is 11.7 Å². The van der Waals surface area contributed by atoms with Crippen LogP contribution in [-0.4, -0.2) is 12.4 Å². The van der Waals surface area contributed by atoms with E-state index in [1.165, 1.54) is 0 Å².